The fourth-order valence-corrected chi connectivity index (χ4v) is 3.61. The number of nitrogens with one attached hydrogen (secondary N) is 1. The van der Waals surface area contributed by atoms with Crippen molar-refractivity contribution in [2.24, 2.45) is 0 Å². The van der Waals surface area contributed by atoms with Gasteiger partial charge >= 0.3 is 17.8 Å². The van der Waals surface area contributed by atoms with Crippen molar-refractivity contribution >= 4 is 29.4 Å². The second kappa shape index (κ2) is 7.68. The van der Waals surface area contributed by atoms with E-state index >= 15 is 0 Å². The fourth-order valence-electron chi connectivity index (χ4n) is 3.61. The summed E-state index contributed by atoms with van der Waals surface area (Å²) in [6.07, 6.45) is 5.12. The molecule has 5 amide bonds. The van der Waals surface area contributed by atoms with Crippen molar-refractivity contribution in [1.82, 2.24) is 9.80 Å². The maximum absolute atomic E-state index is 12.6. The largest absolute Gasteiger partial charge is 0.334 e. The van der Waals surface area contributed by atoms with Gasteiger partial charge in [0.05, 0.1) is 0 Å². The van der Waals surface area contributed by atoms with E-state index < -0.39 is 30.3 Å². The molecule has 0 bridgehead atoms. The lowest BCUT2D eigenvalue weighted by Crippen LogP contribution is -2.43. The van der Waals surface area contributed by atoms with E-state index in [0.29, 0.717) is 18.5 Å². The lowest BCUT2D eigenvalue weighted by Gasteiger charge is -2.28. The van der Waals surface area contributed by atoms with E-state index in [1.807, 2.05) is 19.1 Å². The van der Waals surface area contributed by atoms with Crippen LogP contribution in [0.3, 0.4) is 0 Å². The Balaban J connectivity index is 1.69. The van der Waals surface area contributed by atoms with Crippen molar-refractivity contribution in [1.29, 1.82) is 0 Å². The topological polar surface area (TPSA) is 86.8 Å². The molecule has 1 aliphatic carbocycles. The van der Waals surface area contributed by atoms with Crippen LogP contribution in [0.25, 0.3) is 0 Å². The first kappa shape index (κ1) is 18.1. The van der Waals surface area contributed by atoms with Gasteiger partial charge in [-0.15, -0.1) is 0 Å². The first-order valence-electron chi connectivity index (χ1n) is 9.09. The smallest absolute Gasteiger partial charge is 0.324 e. The summed E-state index contributed by atoms with van der Waals surface area (Å²) in [6.45, 7) is 1.52. The molecule has 2 fully saturated rings. The summed E-state index contributed by atoms with van der Waals surface area (Å²) in [6, 6.07) is 6.44. The van der Waals surface area contributed by atoms with Crippen LogP contribution in [0.1, 0.15) is 44.6 Å². The van der Waals surface area contributed by atoms with E-state index in [0.717, 1.165) is 41.0 Å². The zero-order valence-corrected chi connectivity index (χ0v) is 14.9. The molecule has 0 aromatic heterocycles. The number of urea groups is 1. The van der Waals surface area contributed by atoms with E-state index in [9.17, 15) is 19.2 Å². The highest BCUT2D eigenvalue weighted by molar-refractivity contribution is 6.45. The van der Waals surface area contributed by atoms with E-state index in [1.54, 1.807) is 12.1 Å². The molecular formula is C19H23N3O4. The summed E-state index contributed by atoms with van der Waals surface area (Å²) in [5.74, 6) is -2.23. The molecule has 1 N–H and O–H groups in total. The van der Waals surface area contributed by atoms with Crippen molar-refractivity contribution in [2.75, 3.05) is 11.9 Å². The van der Waals surface area contributed by atoms with Gasteiger partial charge in [0.1, 0.15) is 6.54 Å². The zero-order chi connectivity index (χ0) is 18.7. The minimum absolute atomic E-state index is 0.235. The van der Waals surface area contributed by atoms with E-state index in [4.69, 9.17) is 0 Å². The molecule has 26 heavy (non-hydrogen) atoms. The van der Waals surface area contributed by atoms with Gasteiger partial charge in [-0.25, -0.2) is 9.69 Å². The number of aryl methyl sites for hydroxylation is 1. The van der Waals surface area contributed by atoms with Crippen molar-refractivity contribution in [3.8, 4) is 0 Å². The highest BCUT2D eigenvalue weighted by atomic mass is 16.2. The normalized spacial score (nSPS) is 18.6. The van der Waals surface area contributed by atoms with Crippen molar-refractivity contribution in [2.45, 2.75) is 51.5 Å². The van der Waals surface area contributed by atoms with Gasteiger partial charge in [-0.3, -0.25) is 19.3 Å². The predicted molar refractivity (Wildman–Crippen MR) is 95.3 cm³/mol. The number of hydrogen-bond donors (Lipinski definition) is 1. The average molecular weight is 357 g/mol. The van der Waals surface area contributed by atoms with E-state index in [1.165, 1.54) is 0 Å². The molecule has 0 radical (unpaired) electrons. The first-order valence-corrected chi connectivity index (χ1v) is 9.09. The van der Waals surface area contributed by atoms with Crippen LogP contribution in [0.2, 0.25) is 0 Å². The molecular weight excluding hydrogens is 334 g/mol. The molecule has 0 unspecified atom stereocenters. The molecule has 1 saturated heterocycles. The maximum Gasteiger partial charge on any atom is 0.334 e. The summed E-state index contributed by atoms with van der Waals surface area (Å²) >= 11 is 0. The average Bonchev–Trinajstić information content (AvgIpc) is 2.86. The third-order valence-corrected chi connectivity index (χ3v) is 5.00. The first-order chi connectivity index (χ1) is 12.5. The van der Waals surface area contributed by atoms with Gasteiger partial charge in [0.15, 0.2) is 0 Å². The van der Waals surface area contributed by atoms with Crippen molar-refractivity contribution in [3.05, 3.63) is 29.8 Å². The van der Waals surface area contributed by atoms with Crippen molar-refractivity contribution < 1.29 is 19.2 Å². The third-order valence-electron chi connectivity index (χ3n) is 5.00. The van der Waals surface area contributed by atoms with Gasteiger partial charge in [0.25, 0.3) is 0 Å². The number of anilines is 1. The van der Waals surface area contributed by atoms with Gasteiger partial charge in [-0.05, 0) is 30.9 Å². The number of nitrogens with zero attached hydrogens (tertiary/aromatic N) is 2. The molecule has 138 valence electrons. The number of para-hydroxylation sites is 1. The lowest BCUT2D eigenvalue weighted by atomic mass is 9.94. The summed E-state index contributed by atoms with van der Waals surface area (Å²) < 4.78 is 0. The molecule has 1 aliphatic heterocycles. The quantitative estimate of drug-likeness (QED) is 0.647. The lowest BCUT2D eigenvalue weighted by molar-refractivity contribution is -0.144. The Kier molecular flexibility index (Phi) is 5.35. The van der Waals surface area contributed by atoms with Gasteiger partial charge in [-0.1, -0.05) is 44.4 Å². The van der Waals surface area contributed by atoms with Gasteiger partial charge in [0.2, 0.25) is 5.91 Å². The number of carbonyl (C=O) groups excluding carboxylic acids is 4. The number of benzene rings is 1. The molecule has 2 aliphatic rings. The van der Waals surface area contributed by atoms with Gasteiger partial charge < -0.3 is 5.32 Å². The molecule has 1 heterocycles. The Morgan fingerprint density at radius 3 is 2.46 bits per heavy atom. The standard InChI is InChI=1S/C19H23N3O4/c1-2-13-8-6-7-11-15(13)20-16(23)12-21-17(24)18(25)22(19(21)26)14-9-4-3-5-10-14/h6-8,11,14H,2-5,9-10,12H2,1H3,(H,20,23). The summed E-state index contributed by atoms with van der Waals surface area (Å²) in [7, 11) is 0. The van der Waals surface area contributed by atoms with E-state index in [-0.39, 0.29) is 6.04 Å². The second-order valence-electron chi connectivity index (χ2n) is 6.70. The maximum atomic E-state index is 12.6. The number of rotatable bonds is 5. The van der Waals surface area contributed by atoms with Crippen LogP contribution in [-0.2, 0) is 20.8 Å². The SMILES string of the molecule is CCc1ccccc1NC(=O)CN1C(=O)C(=O)N(C2CCCCC2)C1=O. The Morgan fingerprint density at radius 2 is 1.77 bits per heavy atom. The monoisotopic (exact) mass is 357 g/mol. The number of carbonyl (C=O) groups is 4. The van der Waals surface area contributed by atoms with Crippen LogP contribution in [0.15, 0.2) is 24.3 Å². The third kappa shape index (κ3) is 3.47. The minimum atomic E-state index is -0.917. The van der Waals surface area contributed by atoms with Crippen LogP contribution in [0.5, 0.6) is 0 Å². The Hall–Kier alpha value is -2.70. The minimum Gasteiger partial charge on any atom is -0.324 e. The highest BCUT2D eigenvalue weighted by Gasteiger charge is 2.48. The van der Waals surface area contributed by atoms with Gasteiger partial charge in [0, 0.05) is 11.7 Å². The number of amides is 5. The zero-order valence-electron chi connectivity index (χ0n) is 14.9. The Labute approximate surface area is 152 Å². The van der Waals surface area contributed by atoms with Crippen LogP contribution in [0, 0.1) is 0 Å². The fraction of sp³-hybridized carbons (Fsp3) is 0.474. The molecule has 3 rings (SSSR count). The van der Waals surface area contributed by atoms with Crippen LogP contribution in [0.4, 0.5) is 10.5 Å². The summed E-state index contributed by atoms with van der Waals surface area (Å²) in [5, 5.41) is 2.72. The number of imide groups is 2. The van der Waals surface area contributed by atoms with Crippen molar-refractivity contribution in [3.63, 3.8) is 0 Å². The molecule has 1 aromatic carbocycles. The van der Waals surface area contributed by atoms with Crippen LogP contribution in [-0.4, -0.2) is 46.1 Å². The van der Waals surface area contributed by atoms with E-state index in [2.05, 4.69) is 5.32 Å². The number of hydrogen-bond acceptors (Lipinski definition) is 4. The summed E-state index contributed by atoms with van der Waals surface area (Å²) in [5.41, 5.74) is 1.61. The molecule has 1 saturated carbocycles. The molecule has 0 spiro atoms. The van der Waals surface area contributed by atoms with Gasteiger partial charge in [-0.2, -0.15) is 0 Å². The summed E-state index contributed by atoms with van der Waals surface area (Å²) in [4.78, 5) is 51.2. The van der Waals surface area contributed by atoms with Crippen LogP contribution >= 0.6 is 0 Å². The Morgan fingerprint density at radius 1 is 1.08 bits per heavy atom. The Bertz CT molecular complexity index is 740. The molecule has 1 aromatic rings. The molecule has 7 heteroatoms. The van der Waals surface area contributed by atoms with Crippen LogP contribution < -0.4 is 5.32 Å². The molecule has 0 atom stereocenters. The second-order valence-corrected chi connectivity index (χ2v) is 6.70. The molecule has 7 nitrogen and oxygen atoms in total. The predicted octanol–water partition coefficient (Wildman–Crippen LogP) is 2.31. The highest BCUT2D eigenvalue weighted by Crippen LogP contribution is 2.27.